The van der Waals surface area contributed by atoms with E-state index in [2.05, 4.69) is 4.98 Å². The highest BCUT2D eigenvalue weighted by atomic mass is 32.2. The highest BCUT2D eigenvalue weighted by Crippen LogP contribution is 2.20. The number of carboxylic acids is 1. The molecule has 100 valence electrons. The van der Waals surface area contributed by atoms with Gasteiger partial charge in [-0.2, -0.15) is 0 Å². The smallest absolute Gasteiger partial charge is 0.356 e. The molecule has 7 heteroatoms. The Bertz CT molecular complexity index is 640. The predicted octanol–water partition coefficient (Wildman–Crippen LogP) is 1.76. The van der Waals surface area contributed by atoms with Crippen molar-refractivity contribution in [2.75, 3.05) is 6.26 Å². The summed E-state index contributed by atoms with van der Waals surface area (Å²) in [4.78, 5) is 15.0. The summed E-state index contributed by atoms with van der Waals surface area (Å²) in [6.07, 6.45) is 2.71. The third-order valence-corrected chi connectivity index (χ3v) is 3.53. The second-order valence-corrected chi connectivity index (χ2v) is 5.30. The van der Waals surface area contributed by atoms with E-state index in [0.717, 1.165) is 0 Å². The molecule has 1 aromatic heterocycles. The summed E-state index contributed by atoms with van der Waals surface area (Å²) in [5.41, 5.74) is 0.0201. The fourth-order valence-corrected chi connectivity index (χ4v) is 2.21. The molecule has 1 unspecified atom stereocenters. The Balaban J connectivity index is 2.50. The molecule has 0 saturated heterocycles. The summed E-state index contributed by atoms with van der Waals surface area (Å²) in [5.74, 6) is -1.39. The molecule has 0 aliphatic rings. The Hall–Kier alpha value is -1.86. The van der Waals surface area contributed by atoms with Gasteiger partial charge in [0, 0.05) is 12.3 Å². The third kappa shape index (κ3) is 2.61. The van der Waals surface area contributed by atoms with Crippen LogP contribution in [0, 0.1) is 12.7 Å². The summed E-state index contributed by atoms with van der Waals surface area (Å²) < 4.78 is 26.6. The van der Waals surface area contributed by atoms with Crippen molar-refractivity contribution >= 4 is 17.1 Å². The number of rotatable bonds is 3. The molecule has 0 bridgehead atoms. The van der Waals surface area contributed by atoms with Gasteiger partial charge in [0.25, 0.3) is 0 Å². The first kappa shape index (κ1) is 13.6. The van der Waals surface area contributed by atoms with Crippen molar-refractivity contribution in [3.63, 3.8) is 0 Å². The maximum Gasteiger partial charge on any atom is 0.356 e. The zero-order chi connectivity index (χ0) is 14.2. The van der Waals surface area contributed by atoms with Crippen molar-refractivity contribution in [1.82, 2.24) is 9.55 Å². The molecule has 0 fully saturated rings. The Morgan fingerprint density at radius 2 is 2.21 bits per heavy atom. The van der Waals surface area contributed by atoms with E-state index in [1.54, 1.807) is 6.92 Å². The lowest BCUT2D eigenvalue weighted by Crippen LogP contribution is -2.03. The molecule has 1 aromatic carbocycles. The summed E-state index contributed by atoms with van der Waals surface area (Å²) in [6.45, 7) is 1.58. The first-order chi connectivity index (χ1) is 8.90. The van der Waals surface area contributed by atoms with Crippen molar-refractivity contribution in [2.45, 2.75) is 11.8 Å². The van der Waals surface area contributed by atoms with Crippen molar-refractivity contribution in [1.29, 1.82) is 0 Å². The van der Waals surface area contributed by atoms with Crippen molar-refractivity contribution in [3.05, 3.63) is 41.7 Å². The van der Waals surface area contributed by atoms with E-state index < -0.39 is 23.0 Å². The van der Waals surface area contributed by atoms with E-state index in [1.807, 2.05) is 0 Å². The average molecular weight is 282 g/mol. The Kier molecular flexibility index (Phi) is 3.59. The number of benzene rings is 1. The van der Waals surface area contributed by atoms with Gasteiger partial charge >= 0.3 is 5.97 Å². The van der Waals surface area contributed by atoms with Crippen molar-refractivity contribution < 1.29 is 18.8 Å². The molecule has 1 N–H and O–H groups in total. The van der Waals surface area contributed by atoms with Gasteiger partial charge in [0.15, 0.2) is 16.4 Å². The lowest BCUT2D eigenvalue weighted by atomic mass is 10.3. The number of carboxylic acid groups (broad SMARTS) is 1. The van der Waals surface area contributed by atoms with Crippen LogP contribution < -0.4 is 0 Å². The number of aryl methyl sites for hydroxylation is 1. The predicted molar refractivity (Wildman–Crippen MR) is 67.6 cm³/mol. The Morgan fingerprint density at radius 3 is 2.68 bits per heavy atom. The zero-order valence-electron chi connectivity index (χ0n) is 10.3. The van der Waals surface area contributed by atoms with Crippen LogP contribution in [0.5, 0.6) is 0 Å². The molecule has 0 spiro atoms. The van der Waals surface area contributed by atoms with Gasteiger partial charge in [-0.1, -0.05) is 0 Å². The Morgan fingerprint density at radius 1 is 1.53 bits per heavy atom. The van der Waals surface area contributed by atoms with E-state index >= 15 is 0 Å². The Labute approximate surface area is 111 Å². The summed E-state index contributed by atoms with van der Waals surface area (Å²) in [5, 5.41) is 8.85. The fraction of sp³-hybridized carbons (Fsp3) is 0.167. The lowest BCUT2D eigenvalue weighted by molar-refractivity contribution is 0.0691. The van der Waals surface area contributed by atoms with Gasteiger partial charge in [-0.25, -0.2) is 14.2 Å². The van der Waals surface area contributed by atoms with Gasteiger partial charge in [0.1, 0.15) is 12.1 Å². The molecule has 0 radical (unpaired) electrons. The molecular weight excluding hydrogens is 271 g/mol. The lowest BCUT2D eigenvalue weighted by Gasteiger charge is -2.09. The first-order valence-corrected chi connectivity index (χ1v) is 6.88. The van der Waals surface area contributed by atoms with Crippen molar-refractivity contribution in [3.8, 4) is 5.69 Å². The number of hydrogen-bond acceptors (Lipinski definition) is 3. The molecule has 2 aromatic rings. The topological polar surface area (TPSA) is 78.2 Å². The molecule has 19 heavy (non-hydrogen) atoms. The van der Waals surface area contributed by atoms with Crippen LogP contribution in [0.2, 0.25) is 0 Å². The van der Waals surface area contributed by atoms with Gasteiger partial charge in [0.05, 0.1) is 5.69 Å². The molecule has 0 amide bonds. The van der Waals surface area contributed by atoms with Gasteiger partial charge in [-0.05, 0) is 30.2 Å². The van der Waals surface area contributed by atoms with Gasteiger partial charge in [-0.15, -0.1) is 0 Å². The van der Waals surface area contributed by atoms with Crippen LogP contribution in [0.3, 0.4) is 0 Å². The molecule has 2 rings (SSSR count). The second-order valence-electron chi connectivity index (χ2n) is 3.92. The first-order valence-electron chi connectivity index (χ1n) is 5.33. The monoisotopic (exact) mass is 282 g/mol. The standard InChI is InChI=1S/C12H11FN2O3S/c1-7-14-10(12(16)17)6-15(7)11-4-3-8(19(2)18)5-9(11)13/h3-6H,1-2H3,(H,16,17). The number of aromatic nitrogens is 2. The van der Waals surface area contributed by atoms with Gasteiger partial charge in [-0.3, -0.25) is 0 Å². The fourth-order valence-electron chi connectivity index (χ4n) is 1.68. The van der Waals surface area contributed by atoms with Gasteiger partial charge < -0.3 is 14.2 Å². The van der Waals surface area contributed by atoms with Crippen LogP contribution >= 0.6 is 0 Å². The largest absolute Gasteiger partial charge is 0.612 e. The van der Waals surface area contributed by atoms with Crippen LogP contribution in [0.25, 0.3) is 5.69 Å². The average Bonchev–Trinajstić information content (AvgIpc) is 2.71. The number of aromatic carboxylic acids is 1. The van der Waals surface area contributed by atoms with E-state index in [9.17, 15) is 13.7 Å². The number of hydrogen-bond donors (Lipinski definition) is 1. The maximum atomic E-state index is 14.0. The molecular formula is C12H11FN2O3S. The highest BCUT2D eigenvalue weighted by molar-refractivity contribution is 7.90. The van der Waals surface area contributed by atoms with E-state index in [1.165, 1.54) is 35.2 Å². The highest BCUT2D eigenvalue weighted by Gasteiger charge is 2.16. The summed E-state index contributed by atoms with van der Waals surface area (Å²) in [7, 11) is 0. The minimum atomic E-state index is -1.27. The zero-order valence-corrected chi connectivity index (χ0v) is 11.1. The van der Waals surface area contributed by atoms with Crippen LogP contribution in [-0.2, 0) is 11.2 Å². The summed E-state index contributed by atoms with van der Waals surface area (Å²) >= 11 is -1.27. The molecule has 0 aliphatic heterocycles. The molecule has 1 heterocycles. The number of nitrogens with zero attached hydrogens (tertiary/aromatic N) is 2. The minimum absolute atomic E-state index is 0.153. The van der Waals surface area contributed by atoms with Crippen LogP contribution in [0.4, 0.5) is 4.39 Å². The SMILES string of the molecule is Cc1nc(C(=O)O)cn1-c1ccc([S+](C)[O-])cc1F. The molecule has 0 aliphatic carbocycles. The number of halogens is 1. The van der Waals surface area contributed by atoms with E-state index in [0.29, 0.717) is 10.7 Å². The van der Waals surface area contributed by atoms with Crippen LogP contribution in [-0.4, -0.2) is 31.4 Å². The normalized spacial score (nSPS) is 12.4. The van der Waals surface area contributed by atoms with E-state index in [-0.39, 0.29) is 11.4 Å². The van der Waals surface area contributed by atoms with Crippen molar-refractivity contribution in [2.24, 2.45) is 0 Å². The number of imidazole rings is 1. The quantitative estimate of drug-likeness (QED) is 0.870. The third-order valence-electron chi connectivity index (χ3n) is 2.61. The maximum absolute atomic E-state index is 14.0. The van der Waals surface area contributed by atoms with Crippen LogP contribution in [0.15, 0.2) is 29.3 Å². The molecule has 5 nitrogen and oxygen atoms in total. The molecule has 1 atom stereocenters. The van der Waals surface area contributed by atoms with E-state index in [4.69, 9.17) is 5.11 Å². The minimum Gasteiger partial charge on any atom is -0.612 e. The van der Waals surface area contributed by atoms with Crippen LogP contribution in [0.1, 0.15) is 16.3 Å². The number of carbonyl (C=O) groups is 1. The summed E-state index contributed by atoms with van der Waals surface area (Å²) in [6, 6.07) is 4.16. The second kappa shape index (κ2) is 5.02. The van der Waals surface area contributed by atoms with Gasteiger partial charge in [0.2, 0.25) is 0 Å². The molecule has 0 saturated carbocycles.